The first-order valence-corrected chi connectivity index (χ1v) is 11.8. The zero-order valence-corrected chi connectivity index (χ0v) is 20.6. The Labute approximate surface area is 191 Å². The van der Waals surface area contributed by atoms with Gasteiger partial charge in [-0.05, 0) is 51.2 Å². The van der Waals surface area contributed by atoms with Gasteiger partial charge in [0.25, 0.3) is 0 Å². The molecule has 3 rings (SSSR count). The summed E-state index contributed by atoms with van der Waals surface area (Å²) in [6.45, 7) is 6.37. The number of guanidine groups is 1. The fourth-order valence-corrected chi connectivity index (χ4v) is 4.98. The Bertz CT molecular complexity index is 464. The molecule has 1 atom stereocenters. The molecule has 3 aliphatic rings. The van der Waals surface area contributed by atoms with Gasteiger partial charge >= 0.3 is 0 Å². The summed E-state index contributed by atoms with van der Waals surface area (Å²) in [6.07, 6.45) is 10.9. The number of ether oxygens (including phenoxy) is 3. The van der Waals surface area contributed by atoms with Gasteiger partial charge in [-0.2, -0.15) is 11.8 Å². The Morgan fingerprint density at radius 1 is 1.18 bits per heavy atom. The number of nitrogens with one attached hydrogen (secondary N) is 1. The molecule has 0 aromatic rings. The smallest absolute Gasteiger partial charge is 0.193 e. The lowest BCUT2D eigenvalue weighted by Crippen LogP contribution is -2.51. The number of hydrogen-bond acceptors (Lipinski definition) is 5. The van der Waals surface area contributed by atoms with E-state index in [4.69, 9.17) is 14.2 Å². The molecule has 3 aliphatic heterocycles. The highest BCUT2D eigenvalue weighted by Gasteiger charge is 2.32. The summed E-state index contributed by atoms with van der Waals surface area (Å²) in [7, 11) is 1.89. The molecule has 1 N–H and O–H groups in total. The summed E-state index contributed by atoms with van der Waals surface area (Å²) in [5.41, 5.74) is 0. The molecule has 0 aromatic heterocycles. The Morgan fingerprint density at radius 2 is 1.93 bits per heavy atom. The number of aliphatic imine (C=N–C) groups is 1. The molecule has 0 saturated carbocycles. The lowest BCUT2D eigenvalue weighted by atomic mass is 9.99. The molecular weight excluding hydrogens is 489 g/mol. The fraction of sp³-hybridized carbons (Fsp3) is 0.950. The van der Waals surface area contributed by atoms with Crippen molar-refractivity contribution in [2.24, 2.45) is 4.99 Å². The van der Waals surface area contributed by atoms with Crippen molar-refractivity contribution in [2.75, 3.05) is 59.4 Å². The quantitative estimate of drug-likeness (QED) is 0.326. The van der Waals surface area contributed by atoms with Crippen molar-refractivity contribution in [3.05, 3.63) is 0 Å². The second kappa shape index (κ2) is 12.8. The van der Waals surface area contributed by atoms with E-state index in [9.17, 15) is 0 Å². The van der Waals surface area contributed by atoms with Crippen LogP contribution in [-0.2, 0) is 14.2 Å². The highest BCUT2D eigenvalue weighted by Crippen LogP contribution is 2.33. The van der Waals surface area contributed by atoms with Crippen LogP contribution in [0.15, 0.2) is 4.99 Å². The van der Waals surface area contributed by atoms with E-state index in [0.29, 0.717) is 12.2 Å². The van der Waals surface area contributed by atoms with Gasteiger partial charge in [0, 0.05) is 51.2 Å². The second-order valence-electron chi connectivity index (χ2n) is 7.91. The normalized spacial score (nSPS) is 26.6. The maximum absolute atomic E-state index is 6.14. The first-order valence-electron chi connectivity index (χ1n) is 10.6. The third kappa shape index (κ3) is 7.18. The molecule has 28 heavy (non-hydrogen) atoms. The van der Waals surface area contributed by atoms with Gasteiger partial charge in [0.1, 0.15) is 0 Å². The number of nitrogens with zero attached hydrogens (tertiary/aromatic N) is 2. The van der Waals surface area contributed by atoms with E-state index < -0.39 is 0 Å². The Morgan fingerprint density at radius 3 is 2.54 bits per heavy atom. The number of likely N-dealkylation sites (tertiary alicyclic amines) is 1. The van der Waals surface area contributed by atoms with Gasteiger partial charge in [0.2, 0.25) is 0 Å². The lowest BCUT2D eigenvalue weighted by molar-refractivity contribution is -0.0721. The van der Waals surface area contributed by atoms with Gasteiger partial charge in [-0.15, -0.1) is 24.0 Å². The van der Waals surface area contributed by atoms with Crippen molar-refractivity contribution >= 4 is 41.7 Å². The summed E-state index contributed by atoms with van der Waals surface area (Å²) in [4.78, 5) is 6.92. The third-order valence-corrected chi connectivity index (χ3v) is 7.57. The highest BCUT2D eigenvalue weighted by molar-refractivity contribution is 14.0. The topological polar surface area (TPSA) is 55.3 Å². The van der Waals surface area contributed by atoms with Crippen molar-refractivity contribution in [2.45, 2.75) is 61.9 Å². The van der Waals surface area contributed by atoms with Gasteiger partial charge in [0.15, 0.2) is 5.96 Å². The SMILES string of the molecule is CN=C(NCC1(SC)CCOCC1)N1CCC(OCC2CCCCO2)CC1.I. The molecule has 0 aliphatic carbocycles. The minimum atomic E-state index is 0. The van der Waals surface area contributed by atoms with Crippen molar-refractivity contribution in [1.29, 1.82) is 0 Å². The van der Waals surface area contributed by atoms with Crippen LogP contribution in [-0.4, -0.2) is 87.2 Å². The van der Waals surface area contributed by atoms with Gasteiger partial charge < -0.3 is 24.4 Å². The number of rotatable bonds is 6. The van der Waals surface area contributed by atoms with Crippen LogP contribution < -0.4 is 5.32 Å². The predicted octanol–water partition coefficient (Wildman–Crippen LogP) is 3.14. The van der Waals surface area contributed by atoms with Crippen molar-refractivity contribution < 1.29 is 14.2 Å². The van der Waals surface area contributed by atoms with Crippen molar-refractivity contribution in [3.63, 3.8) is 0 Å². The van der Waals surface area contributed by atoms with Crippen LogP contribution in [0.3, 0.4) is 0 Å². The first kappa shape index (κ1) is 24.5. The molecule has 6 nitrogen and oxygen atoms in total. The van der Waals surface area contributed by atoms with E-state index in [0.717, 1.165) is 84.1 Å². The molecule has 8 heteroatoms. The van der Waals surface area contributed by atoms with Crippen LogP contribution in [0.5, 0.6) is 0 Å². The molecule has 3 saturated heterocycles. The second-order valence-corrected chi connectivity index (χ2v) is 9.18. The van der Waals surface area contributed by atoms with Crippen LogP contribution in [0.4, 0.5) is 0 Å². The lowest BCUT2D eigenvalue weighted by Gasteiger charge is -2.39. The highest BCUT2D eigenvalue weighted by atomic mass is 127. The monoisotopic (exact) mass is 527 g/mol. The van der Waals surface area contributed by atoms with E-state index in [2.05, 4.69) is 21.5 Å². The minimum absolute atomic E-state index is 0. The van der Waals surface area contributed by atoms with Crippen LogP contribution in [0, 0.1) is 0 Å². The number of piperidine rings is 1. The van der Waals surface area contributed by atoms with Crippen LogP contribution >= 0.6 is 35.7 Å². The van der Waals surface area contributed by atoms with Crippen molar-refractivity contribution in [1.82, 2.24) is 10.2 Å². The largest absolute Gasteiger partial charge is 0.381 e. The molecule has 0 bridgehead atoms. The fourth-order valence-electron chi connectivity index (χ4n) is 4.19. The standard InChI is InChI=1S/C20H37N3O3S.HI/c1-21-19(22-16-20(27-2)8-13-24-14-9-20)23-10-6-17(7-11-23)26-15-18-5-3-4-12-25-18;/h17-18H,3-16H2,1-2H3,(H,21,22);1H. The zero-order chi connectivity index (χ0) is 19.0. The molecule has 0 spiro atoms. The summed E-state index contributed by atoms with van der Waals surface area (Å²) >= 11 is 1.96. The van der Waals surface area contributed by atoms with Crippen LogP contribution in [0.25, 0.3) is 0 Å². The summed E-state index contributed by atoms with van der Waals surface area (Å²) < 4.78 is 17.7. The third-order valence-electron chi connectivity index (χ3n) is 6.15. The molecule has 0 aromatic carbocycles. The first-order chi connectivity index (χ1) is 13.2. The van der Waals surface area contributed by atoms with Crippen molar-refractivity contribution in [3.8, 4) is 0 Å². The number of hydrogen-bond donors (Lipinski definition) is 1. The average Bonchev–Trinajstić information content (AvgIpc) is 2.75. The molecule has 164 valence electrons. The average molecular weight is 528 g/mol. The molecule has 0 radical (unpaired) electrons. The number of halogens is 1. The summed E-state index contributed by atoms with van der Waals surface area (Å²) in [5, 5.41) is 3.64. The number of thioether (sulfide) groups is 1. The minimum Gasteiger partial charge on any atom is -0.381 e. The maximum atomic E-state index is 6.14. The molecular formula is C20H38IN3O3S. The molecule has 1 unspecified atom stereocenters. The van der Waals surface area contributed by atoms with Gasteiger partial charge in [-0.1, -0.05) is 0 Å². The Hall–Kier alpha value is 0.230. The molecule has 0 amide bonds. The molecule has 3 fully saturated rings. The van der Waals surface area contributed by atoms with Crippen LogP contribution in [0.2, 0.25) is 0 Å². The molecule has 3 heterocycles. The van der Waals surface area contributed by atoms with E-state index in [-0.39, 0.29) is 28.7 Å². The van der Waals surface area contributed by atoms with Gasteiger partial charge in [-0.3, -0.25) is 4.99 Å². The van der Waals surface area contributed by atoms with Crippen LogP contribution in [0.1, 0.15) is 44.9 Å². The van der Waals surface area contributed by atoms with Gasteiger partial charge in [0.05, 0.1) is 18.8 Å². The zero-order valence-electron chi connectivity index (χ0n) is 17.5. The van der Waals surface area contributed by atoms with Gasteiger partial charge in [-0.25, -0.2) is 0 Å². The maximum Gasteiger partial charge on any atom is 0.193 e. The summed E-state index contributed by atoms with van der Waals surface area (Å²) in [5.74, 6) is 1.03. The van der Waals surface area contributed by atoms with E-state index in [1.165, 1.54) is 12.8 Å². The Kier molecular flexibility index (Phi) is 11.2. The van der Waals surface area contributed by atoms with E-state index >= 15 is 0 Å². The van der Waals surface area contributed by atoms with E-state index in [1.54, 1.807) is 0 Å². The Balaban J connectivity index is 0.00000280. The predicted molar refractivity (Wildman–Crippen MR) is 127 cm³/mol. The van der Waals surface area contributed by atoms with E-state index in [1.807, 2.05) is 18.8 Å². The summed E-state index contributed by atoms with van der Waals surface area (Å²) in [6, 6.07) is 0.